The average molecular weight is 411 g/mol. The van der Waals surface area contributed by atoms with E-state index in [-0.39, 0.29) is 17.4 Å². The zero-order chi connectivity index (χ0) is 20.9. The number of halogens is 3. The molecule has 0 radical (unpaired) electrons. The molecular formula is C18H20F3N5O3. The second-order valence-electron chi connectivity index (χ2n) is 6.36. The van der Waals surface area contributed by atoms with Crippen LogP contribution in [0, 0.1) is 0 Å². The number of nitrogens with one attached hydrogen (secondary N) is 3. The SMILES string of the molecule is CO[C@@H](C(=O)Nc1ccc(N[C@@H]2CCNC2)nn1)c1cccc(OC(F)(F)F)c1. The summed E-state index contributed by atoms with van der Waals surface area (Å²) in [6.45, 7) is 1.78. The molecule has 1 aromatic heterocycles. The summed E-state index contributed by atoms with van der Waals surface area (Å²) in [5.41, 5.74) is 0.201. The second kappa shape index (κ2) is 9.05. The van der Waals surface area contributed by atoms with Gasteiger partial charge < -0.3 is 25.4 Å². The molecule has 3 rings (SSSR count). The summed E-state index contributed by atoms with van der Waals surface area (Å²) in [5.74, 6) is -0.278. The third-order valence-corrected chi connectivity index (χ3v) is 4.20. The van der Waals surface area contributed by atoms with Crippen LogP contribution < -0.4 is 20.7 Å². The smallest absolute Gasteiger partial charge is 0.406 e. The Kier molecular flexibility index (Phi) is 6.49. The molecule has 2 aromatic rings. The highest BCUT2D eigenvalue weighted by Crippen LogP contribution is 2.27. The molecule has 1 aliphatic rings. The van der Waals surface area contributed by atoms with E-state index in [1.54, 1.807) is 12.1 Å². The lowest BCUT2D eigenvalue weighted by molar-refractivity contribution is -0.274. The maximum atomic E-state index is 12.5. The highest BCUT2D eigenvalue weighted by Gasteiger charge is 2.31. The third kappa shape index (κ3) is 6.03. The molecule has 1 aromatic carbocycles. The van der Waals surface area contributed by atoms with Gasteiger partial charge in [-0.1, -0.05) is 12.1 Å². The number of alkyl halides is 3. The minimum atomic E-state index is -4.83. The van der Waals surface area contributed by atoms with Crippen LogP contribution in [0.15, 0.2) is 36.4 Å². The minimum absolute atomic E-state index is 0.190. The quantitative estimate of drug-likeness (QED) is 0.644. The molecule has 0 bridgehead atoms. The van der Waals surface area contributed by atoms with E-state index in [9.17, 15) is 18.0 Å². The first kappa shape index (κ1) is 20.8. The molecule has 8 nitrogen and oxygen atoms in total. The van der Waals surface area contributed by atoms with Gasteiger partial charge in [0.15, 0.2) is 11.9 Å². The first-order chi connectivity index (χ1) is 13.8. The summed E-state index contributed by atoms with van der Waals surface area (Å²) in [6.07, 6.45) is -5.01. The summed E-state index contributed by atoms with van der Waals surface area (Å²) >= 11 is 0. The van der Waals surface area contributed by atoms with Crippen LogP contribution >= 0.6 is 0 Å². The van der Waals surface area contributed by atoms with E-state index in [0.29, 0.717) is 5.82 Å². The van der Waals surface area contributed by atoms with Gasteiger partial charge in [0.2, 0.25) is 0 Å². The van der Waals surface area contributed by atoms with Crippen LogP contribution in [-0.4, -0.2) is 48.7 Å². The van der Waals surface area contributed by atoms with Gasteiger partial charge >= 0.3 is 6.36 Å². The fourth-order valence-electron chi connectivity index (χ4n) is 2.92. The van der Waals surface area contributed by atoms with Gasteiger partial charge in [-0.2, -0.15) is 0 Å². The van der Waals surface area contributed by atoms with E-state index in [2.05, 4.69) is 30.9 Å². The lowest BCUT2D eigenvalue weighted by Crippen LogP contribution is -2.24. The molecule has 3 N–H and O–H groups in total. The number of aromatic nitrogens is 2. The van der Waals surface area contributed by atoms with Gasteiger partial charge in [-0.3, -0.25) is 4.79 Å². The number of hydrogen-bond acceptors (Lipinski definition) is 7. The molecule has 0 aliphatic carbocycles. The lowest BCUT2D eigenvalue weighted by Gasteiger charge is -2.17. The predicted molar refractivity (Wildman–Crippen MR) is 98.4 cm³/mol. The molecule has 29 heavy (non-hydrogen) atoms. The molecule has 0 unspecified atom stereocenters. The van der Waals surface area contributed by atoms with Crippen LogP contribution in [0.1, 0.15) is 18.1 Å². The van der Waals surface area contributed by atoms with Crippen LogP contribution in [-0.2, 0) is 9.53 Å². The zero-order valence-electron chi connectivity index (χ0n) is 15.5. The number of anilines is 2. The molecule has 1 amide bonds. The van der Waals surface area contributed by atoms with Crippen molar-refractivity contribution in [2.45, 2.75) is 24.9 Å². The number of rotatable bonds is 7. The normalized spacial score (nSPS) is 17.6. The minimum Gasteiger partial charge on any atom is -0.406 e. The molecule has 1 fully saturated rings. The van der Waals surface area contributed by atoms with Gasteiger partial charge in [-0.05, 0) is 42.8 Å². The van der Waals surface area contributed by atoms with E-state index < -0.39 is 24.1 Å². The summed E-state index contributed by atoms with van der Waals surface area (Å²) in [7, 11) is 1.27. The zero-order valence-corrected chi connectivity index (χ0v) is 15.5. The Bertz CT molecular complexity index is 826. The van der Waals surface area contributed by atoms with Crippen molar-refractivity contribution < 1.29 is 27.4 Å². The fourth-order valence-corrected chi connectivity index (χ4v) is 2.92. The van der Waals surface area contributed by atoms with Crippen molar-refractivity contribution >= 4 is 17.5 Å². The first-order valence-electron chi connectivity index (χ1n) is 8.84. The summed E-state index contributed by atoms with van der Waals surface area (Å²) in [5, 5.41) is 17.0. The Morgan fingerprint density at radius 2 is 2.00 bits per heavy atom. The van der Waals surface area contributed by atoms with Crippen molar-refractivity contribution in [1.82, 2.24) is 15.5 Å². The molecule has 2 atom stereocenters. The Hall–Kier alpha value is -2.92. The lowest BCUT2D eigenvalue weighted by atomic mass is 10.1. The average Bonchev–Trinajstić information content (AvgIpc) is 3.16. The number of benzene rings is 1. The fraction of sp³-hybridized carbons (Fsp3) is 0.389. The van der Waals surface area contributed by atoms with Crippen LogP contribution in [0.3, 0.4) is 0 Å². The van der Waals surface area contributed by atoms with Gasteiger partial charge in [0.05, 0.1) is 0 Å². The molecule has 1 aliphatic heterocycles. The number of carbonyl (C=O) groups excluding carboxylic acids is 1. The number of carbonyl (C=O) groups is 1. The van der Waals surface area contributed by atoms with Crippen LogP contribution in [0.4, 0.5) is 24.8 Å². The monoisotopic (exact) mass is 411 g/mol. The molecule has 156 valence electrons. The Morgan fingerprint density at radius 3 is 2.62 bits per heavy atom. The molecule has 0 saturated carbocycles. The topological polar surface area (TPSA) is 97.4 Å². The predicted octanol–water partition coefficient (Wildman–Crippen LogP) is 2.48. The maximum absolute atomic E-state index is 12.5. The molecule has 1 saturated heterocycles. The van der Waals surface area contributed by atoms with Crippen LogP contribution in [0.25, 0.3) is 0 Å². The van der Waals surface area contributed by atoms with Gasteiger partial charge in [0.1, 0.15) is 11.6 Å². The third-order valence-electron chi connectivity index (χ3n) is 4.20. The Labute approximate surface area is 164 Å². The Balaban J connectivity index is 1.64. The van der Waals surface area contributed by atoms with Crippen molar-refractivity contribution in [3.63, 3.8) is 0 Å². The van der Waals surface area contributed by atoms with E-state index >= 15 is 0 Å². The number of hydrogen-bond donors (Lipinski definition) is 3. The van der Waals surface area contributed by atoms with Crippen LogP contribution in [0.2, 0.25) is 0 Å². The highest BCUT2D eigenvalue weighted by molar-refractivity contribution is 5.94. The first-order valence-corrected chi connectivity index (χ1v) is 8.84. The van der Waals surface area contributed by atoms with Crippen molar-refractivity contribution in [2.24, 2.45) is 0 Å². The summed E-state index contributed by atoms with van der Waals surface area (Å²) in [4.78, 5) is 12.5. The van der Waals surface area contributed by atoms with Crippen LogP contribution in [0.5, 0.6) is 5.75 Å². The summed E-state index contributed by atoms with van der Waals surface area (Å²) in [6, 6.07) is 8.56. The number of amides is 1. The van der Waals surface area contributed by atoms with Gasteiger partial charge in [-0.15, -0.1) is 23.4 Å². The summed E-state index contributed by atoms with van der Waals surface area (Å²) < 4.78 is 46.3. The molecule has 0 spiro atoms. The number of nitrogens with zero attached hydrogens (tertiary/aromatic N) is 2. The van der Waals surface area contributed by atoms with Gasteiger partial charge in [0.25, 0.3) is 5.91 Å². The van der Waals surface area contributed by atoms with Gasteiger partial charge in [-0.25, -0.2) is 0 Å². The second-order valence-corrected chi connectivity index (χ2v) is 6.36. The number of methoxy groups -OCH3 is 1. The van der Waals surface area contributed by atoms with E-state index in [1.807, 2.05) is 0 Å². The van der Waals surface area contributed by atoms with E-state index in [4.69, 9.17) is 4.74 Å². The van der Waals surface area contributed by atoms with Crippen molar-refractivity contribution in [3.05, 3.63) is 42.0 Å². The van der Waals surface area contributed by atoms with Crippen molar-refractivity contribution in [3.8, 4) is 5.75 Å². The van der Waals surface area contributed by atoms with Crippen molar-refractivity contribution in [2.75, 3.05) is 30.8 Å². The van der Waals surface area contributed by atoms with Crippen molar-refractivity contribution in [1.29, 1.82) is 0 Å². The van der Waals surface area contributed by atoms with E-state index in [1.165, 1.54) is 19.2 Å². The van der Waals surface area contributed by atoms with E-state index in [0.717, 1.165) is 31.6 Å². The Morgan fingerprint density at radius 1 is 1.24 bits per heavy atom. The highest BCUT2D eigenvalue weighted by atomic mass is 19.4. The maximum Gasteiger partial charge on any atom is 0.573 e. The molecule has 2 heterocycles. The molecular weight excluding hydrogens is 391 g/mol. The number of ether oxygens (including phenoxy) is 2. The largest absolute Gasteiger partial charge is 0.573 e. The standard InChI is InChI=1S/C18H20F3N5O3/c1-28-16(11-3-2-4-13(9-11)29-18(19,20)21)17(27)24-15-6-5-14(25-26-15)23-12-7-8-22-10-12/h2-6,9,12,16,22H,7-8,10H2,1H3,(H,23,25)(H,24,26,27)/t12-,16-/m1/s1. The molecule has 11 heteroatoms. The van der Waals surface area contributed by atoms with Gasteiger partial charge in [0, 0.05) is 19.7 Å².